The van der Waals surface area contributed by atoms with Crippen molar-refractivity contribution in [2.75, 3.05) is 32.8 Å². The quantitative estimate of drug-likeness (QED) is 0.714. The van der Waals surface area contributed by atoms with Crippen molar-refractivity contribution in [1.29, 1.82) is 0 Å². The molecule has 0 fully saturated rings. The van der Waals surface area contributed by atoms with Gasteiger partial charge in [0.2, 0.25) is 0 Å². The fraction of sp³-hybridized carbons (Fsp3) is 0.533. The molecule has 5 heteroatoms. The Hall–Kier alpha value is -1.75. The second kappa shape index (κ2) is 9.20. The highest BCUT2D eigenvalue weighted by molar-refractivity contribution is 5.74. The van der Waals surface area contributed by atoms with Crippen molar-refractivity contribution in [1.82, 2.24) is 10.2 Å². The summed E-state index contributed by atoms with van der Waals surface area (Å²) in [5.41, 5.74) is 1.20. The summed E-state index contributed by atoms with van der Waals surface area (Å²) in [4.78, 5) is 13.3. The van der Waals surface area contributed by atoms with E-state index < -0.39 is 0 Å². The molecule has 0 atom stereocenters. The van der Waals surface area contributed by atoms with Crippen LogP contribution >= 0.6 is 0 Å². The van der Waals surface area contributed by atoms with Gasteiger partial charge in [0, 0.05) is 19.6 Å². The maximum Gasteiger partial charge on any atom is 0.317 e. The third-order valence-corrected chi connectivity index (χ3v) is 2.93. The van der Waals surface area contributed by atoms with Crippen molar-refractivity contribution in [3.05, 3.63) is 29.8 Å². The molecule has 0 saturated heterocycles. The number of likely N-dealkylation sites (N-methyl/N-ethyl adjacent to an activating group) is 1. The molecule has 112 valence electrons. The Labute approximate surface area is 120 Å². The van der Waals surface area contributed by atoms with E-state index in [2.05, 4.69) is 5.32 Å². The van der Waals surface area contributed by atoms with Crippen LogP contribution in [0.25, 0.3) is 0 Å². The van der Waals surface area contributed by atoms with Gasteiger partial charge in [0.05, 0.1) is 13.2 Å². The van der Waals surface area contributed by atoms with Crippen LogP contribution in [0.4, 0.5) is 4.79 Å². The maximum atomic E-state index is 11.7. The highest BCUT2D eigenvalue weighted by atomic mass is 16.5. The van der Waals surface area contributed by atoms with Gasteiger partial charge < -0.3 is 20.1 Å². The van der Waals surface area contributed by atoms with Gasteiger partial charge in [-0.05, 0) is 32.4 Å². The Kier molecular flexibility index (Phi) is 7.50. The van der Waals surface area contributed by atoms with E-state index in [1.54, 1.807) is 4.90 Å². The summed E-state index contributed by atoms with van der Waals surface area (Å²) < 4.78 is 5.57. The average Bonchev–Trinajstić information content (AvgIpc) is 2.46. The van der Waals surface area contributed by atoms with Gasteiger partial charge in [0.15, 0.2) is 0 Å². The maximum absolute atomic E-state index is 11.7. The molecule has 1 rings (SSSR count). The standard InChI is InChI=1S/C15H24N2O3/c1-3-17(10-11-18)15(19)16-9-4-12-20-14-7-5-13(2)6-8-14/h5-8,18H,3-4,9-12H2,1-2H3,(H,16,19). The fourth-order valence-electron chi connectivity index (χ4n) is 1.73. The number of hydrogen-bond acceptors (Lipinski definition) is 3. The number of amides is 2. The molecule has 0 aliphatic rings. The molecule has 0 heterocycles. The Balaban J connectivity index is 2.15. The lowest BCUT2D eigenvalue weighted by Crippen LogP contribution is -2.41. The molecule has 0 aromatic heterocycles. The van der Waals surface area contributed by atoms with E-state index in [4.69, 9.17) is 9.84 Å². The van der Waals surface area contributed by atoms with Gasteiger partial charge in [-0.1, -0.05) is 17.7 Å². The Morgan fingerprint density at radius 1 is 1.35 bits per heavy atom. The van der Waals surface area contributed by atoms with Crippen LogP contribution in [-0.2, 0) is 0 Å². The predicted octanol–water partition coefficient (Wildman–Crippen LogP) is 1.79. The van der Waals surface area contributed by atoms with Gasteiger partial charge in [-0.15, -0.1) is 0 Å². The molecular weight excluding hydrogens is 256 g/mol. The molecule has 0 saturated carbocycles. The molecule has 0 spiro atoms. The Morgan fingerprint density at radius 3 is 2.65 bits per heavy atom. The SMILES string of the molecule is CCN(CCO)C(=O)NCCCOc1ccc(C)cc1. The van der Waals surface area contributed by atoms with Crippen molar-refractivity contribution >= 4 is 6.03 Å². The largest absolute Gasteiger partial charge is 0.494 e. The zero-order chi connectivity index (χ0) is 14.8. The van der Waals surface area contributed by atoms with Crippen LogP contribution in [0.1, 0.15) is 18.9 Å². The van der Waals surface area contributed by atoms with Gasteiger partial charge in [-0.3, -0.25) is 0 Å². The number of nitrogens with one attached hydrogen (secondary N) is 1. The van der Waals surface area contributed by atoms with Crippen LogP contribution in [0.5, 0.6) is 5.75 Å². The molecule has 0 radical (unpaired) electrons. The molecule has 2 amide bonds. The van der Waals surface area contributed by atoms with Crippen molar-refractivity contribution in [2.24, 2.45) is 0 Å². The number of ether oxygens (including phenoxy) is 1. The number of carbonyl (C=O) groups is 1. The summed E-state index contributed by atoms with van der Waals surface area (Å²) in [6, 6.07) is 7.75. The van der Waals surface area contributed by atoms with Crippen LogP contribution in [0.3, 0.4) is 0 Å². The first-order chi connectivity index (χ1) is 9.67. The minimum absolute atomic E-state index is 0.0161. The topological polar surface area (TPSA) is 61.8 Å². The molecule has 20 heavy (non-hydrogen) atoms. The van der Waals surface area contributed by atoms with Crippen molar-refractivity contribution in [3.8, 4) is 5.75 Å². The van der Waals surface area contributed by atoms with Gasteiger partial charge in [0.25, 0.3) is 0 Å². The zero-order valence-electron chi connectivity index (χ0n) is 12.3. The zero-order valence-corrected chi connectivity index (χ0v) is 12.3. The monoisotopic (exact) mass is 280 g/mol. The first-order valence-corrected chi connectivity index (χ1v) is 7.00. The second-order valence-corrected chi connectivity index (χ2v) is 4.55. The van der Waals surface area contributed by atoms with Crippen LogP contribution in [0.15, 0.2) is 24.3 Å². The molecule has 1 aromatic carbocycles. The molecule has 0 aliphatic carbocycles. The van der Waals surface area contributed by atoms with Crippen molar-refractivity contribution < 1.29 is 14.6 Å². The van der Waals surface area contributed by atoms with E-state index in [1.807, 2.05) is 38.1 Å². The first kappa shape index (κ1) is 16.3. The number of rotatable bonds is 8. The summed E-state index contributed by atoms with van der Waals surface area (Å²) in [6.45, 7) is 5.98. The van der Waals surface area contributed by atoms with Crippen LogP contribution in [0.2, 0.25) is 0 Å². The molecule has 1 aromatic rings. The summed E-state index contributed by atoms with van der Waals surface area (Å²) in [5.74, 6) is 0.845. The molecule has 0 bridgehead atoms. The highest BCUT2D eigenvalue weighted by Gasteiger charge is 2.09. The molecule has 2 N–H and O–H groups in total. The van der Waals surface area contributed by atoms with E-state index >= 15 is 0 Å². The molecule has 0 unspecified atom stereocenters. The minimum atomic E-state index is -0.142. The van der Waals surface area contributed by atoms with Gasteiger partial charge in [0.1, 0.15) is 5.75 Å². The van der Waals surface area contributed by atoms with E-state index in [0.717, 1.165) is 12.2 Å². The van der Waals surface area contributed by atoms with Crippen LogP contribution < -0.4 is 10.1 Å². The number of aryl methyl sites for hydroxylation is 1. The van der Waals surface area contributed by atoms with E-state index in [-0.39, 0.29) is 12.6 Å². The summed E-state index contributed by atoms with van der Waals surface area (Å²) in [7, 11) is 0. The molecule has 5 nitrogen and oxygen atoms in total. The molecular formula is C15H24N2O3. The lowest BCUT2D eigenvalue weighted by atomic mass is 10.2. The fourth-order valence-corrected chi connectivity index (χ4v) is 1.73. The summed E-state index contributed by atoms with van der Waals surface area (Å²) in [6.07, 6.45) is 0.746. The highest BCUT2D eigenvalue weighted by Crippen LogP contribution is 2.11. The van der Waals surface area contributed by atoms with Crippen molar-refractivity contribution in [2.45, 2.75) is 20.3 Å². The summed E-state index contributed by atoms with van der Waals surface area (Å²) in [5, 5.41) is 11.6. The number of nitrogens with zero attached hydrogens (tertiary/aromatic N) is 1. The van der Waals surface area contributed by atoms with Gasteiger partial charge >= 0.3 is 6.03 Å². The molecule has 0 aliphatic heterocycles. The van der Waals surface area contributed by atoms with Gasteiger partial charge in [-0.25, -0.2) is 4.79 Å². The Bertz CT molecular complexity index is 393. The third-order valence-electron chi connectivity index (χ3n) is 2.93. The smallest absolute Gasteiger partial charge is 0.317 e. The predicted molar refractivity (Wildman–Crippen MR) is 79.0 cm³/mol. The average molecular weight is 280 g/mol. The number of urea groups is 1. The number of hydrogen-bond donors (Lipinski definition) is 2. The number of aliphatic hydroxyl groups excluding tert-OH is 1. The second-order valence-electron chi connectivity index (χ2n) is 4.55. The number of aliphatic hydroxyl groups is 1. The number of benzene rings is 1. The third kappa shape index (κ3) is 5.93. The van der Waals surface area contributed by atoms with E-state index in [0.29, 0.717) is 26.2 Å². The lowest BCUT2D eigenvalue weighted by Gasteiger charge is -2.20. The van der Waals surface area contributed by atoms with Crippen molar-refractivity contribution in [3.63, 3.8) is 0 Å². The normalized spacial score (nSPS) is 10.2. The lowest BCUT2D eigenvalue weighted by molar-refractivity contribution is 0.179. The van der Waals surface area contributed by atoms with Gasteiger partial charge in [-0.2, -0.15) is 0 Å². The Morgan fingerprint density at radius 2 is 2.05 bits per heavy atom. The minimum Gasteiger partial charge on any atom is -0.494 e. The van der Waals surface area contributed by atoms with Crippen LogP contribution in [0, 0.1) is 6.92 Å². The van der Waals surface area contributed by atoms with E-state index in [1.165, 1.54) is 5.56 Å². The first-order valence-electron chi connectivity index (χ1n) is 7.00. The summed E-state index contributed by atoms with van der Waals surface area (Å²) >= 11 is 0. The number of carbonyl (C=O) groups excluding carboxylic acids is 1. The van der Waals surface area contributed by atoms with E-state index in [9.17, 15) is 4.79 Å². The van der Waals surface area contributed by atoms with Crippen LogP contribution in [-0.4, -0.2) is 48.9 Å².